The van der Waals surface area contributed by atoms with Gasteiger partial charge in [-0.3, -0.25) is 9.59 Å². The van der Waals surface area contributed by atoms with Crippen LogP contribution >= 0.6 is 0 Å². The third kappa shape index (κ3) is 6.63. The summed E-state index contributed by atoms with van der Waals surface area (Å²) in [4.78, 5) is 25.6. The summed E-state index contributed by atoms with van der Waals surface area (Å²) >= 11 is 0. The van der Waals surface area contributed by atoms with Crippen LogP contribution in [0, 0.1) is 11.8 Å². The summed E-state index contributed by atoms with van der Waals surface area (Å²) < 4.78 is 5.44. The first-order valence-corrected chi connectivity index (χ1v) is 9.59. The molecule has 1 aromatic rings. The fourth-order valence-corrected chi connectivity index (χ4v) is 3.04. The summed E-state index contributed by atoms with van der Waals surface area (Å²) in [6, 6.07) is 8.49. The monoisotopic (exact) mass is 376 g/mol. The van der Waals surface area contributed by atoms with E-state index < -0.39 is 41.6 Å². The van der Waals surface area contributed by atoms with Gasteiger partial charge in [-0.25, -0.2) is 0 Å². The van der Waals surface area contributed by atoms with Crippen molar-refractivity contribution < 1.29 is 19.4 Å². The van der Waals surface area contributed by atoms with E-state index in [9.17, 15) is 14.7 Å². The maximum atomic E-state index is 12.9. The molecule has 4 N–H and O–H groups in total. The molecule has 6 heteroatoms. The second-order valence-electron chi connectivity index (χ2n) is 8.47. The maximum Gasteiger partial charge on any atom is 0.320 e. The molecule has 150 valence electrons. The van der Waals surface area contributed by atoms with Crippen LogP contribution in [-0.4, -0.2) is 40.8 Å². The molecule has 4 atom stereocenters. The topological polar surface area (TPSA) is 102 Å². The van der Waals surface area contributed by atoms with Crippen LogP contribution < -0.4 is 11.1 Å². The molecule has 1 aromatic carbocycles. The Hall–Kier alpha value is -1.92. The Morgan fingerprint density at radius 2 is 1.85 bits per heavy atom. The predicted molar refractivity (Wildman–Crippen MR) is 104 cm³/mol. The minimum atomic E-state index is -1.08. The van der Waals surface area contributed by atoms with Gasteiger partial charge in [0.2, 0.25) is 5.91 Å². The molecular formula is C21H32N2O4. The number of carbonyl (C=O) groups excluding carboxylic acids is 2. The van der Waals surface area contributed by atoms with Crippen molar-refractivity contribution in [2.75, 3.05) is 0 Å². The van der Waals surface area contributed by atoms with Gasteiger partial charge in [0.25, 0.3) is 0 Å². The van der Waals surface area contributed by atoms with Crippen molar-refractivity contribution in [2.24, 2.45) is 17.6 Å². The molecule has 1 aliphatic carbocycles. The number of carbonyl (C=O) groups is 2. The molecular weight excluding hydrogens is 344 g/mol. The molecule has 0 radical (unpaired) electrons. The first kappa shape index (κ1) is 21.4. The number of ether oxygens (including phenoxy) is 1. The molecule has 4 unspecified atom stereocenters. The van der Waals surface area contributed by atoms with Crippen LogP contribution in [0.1, 0.15) is 46.1 Å². The number of esters is 1. The number of rotatable bonds is 8. The van der Waals surface area contributed by atoms with Crippen LogP contribution in [0.4, 0.5) is 0 Å². The van der Waals surface area contributed by atoms with Gasteiger partial charge in [0.05, 0.1) is 12.1 Å². The third-order valence-electron chi connectivity index (χ3n) is 4.70. The summed E-state index contributed by atoms with van der Waals surface area (Å²) in [7, 11) is 0. The summed E-state index contributed by atoms with van der Waals surface area (Å²) in [5, 5.41) is 13.0. The SMILES string of the molecule is CC(O)C(Cc1ccccc1)NC(=O)C(C(=O)OC(C)(C)C)C(N)C1CC1. The molecule has 27 heavy (non-hydrogen) atoms. The lowest BCUT2D eigenvalue weighted by molar-refractivity contribution is -0.163. The van der Waals surface area contributed by atoms with E-state index in [-0.39, 0.29) is 5.92 Å². The molecule has 1 amide bonds. The van der Waals surface area contributed by atoms with Crippen molar-refractivity contribution in [3.8, 4) is 0 Å². The molecule has 1 fully saturated rings. The van der Waals surface area contributed by atoms with Gasteiger partial charge < -0.3 is 20.9 Å². The Bertz CT molecular complexity index is 635. The van der Waals surface area contributed by atoms with Gasteiger partial charge in [-0.1, -0.05) is 30.3 Å². The smallest absolute Gasteiger partial charge is 0.320 e. The summed E-state index contributed by atoms with van der Waals surface area (Å²) in [5.74, 6) is -2.00. The molecule has 0 aliphatic heterocycles. The van der Waals surface area contributed by atoms with Crippen molar-refractivity contribution in [3.63, 3.8) is 0 Å². The third-order valence-corrected chi connectivity index (χ3v) is 4.70. The van der Waals surface area contributed by atoms with Crippen LogP contribution in [0.2, 0.25) is 0 Å². The molecule has 0 heterocycles. The quantitative estimate of drug-likeness (QED) is 0.474. The number of aliphatic hydroxyl groups is 1. The zero-order valence-electron chi connectivity index (χ0n) is 16.6. The second kappa shape index (κ2) is 8.85. The Kier molecular flexibility index (Phi) is 7.00. The van der Waals surface area contributed by atoms with Crippen molar-refractivity contribution in [2.45, 2.75) is 70.7 Å². The largest absolute Gasteiger partial charge is 0.459 e. The van der Waals surface area contributed by atoms with E-state index in [4.69, 9.17) is 10.5 Å². The minimum absolute atomic E-state index is 0.160. The average Bonchev–Trinajstić information content (AvgIpc) is 3.38. The fourth-order valence-electron chi connectivity index (χ4n) is 3.04. The zero-order chi connectivity index (χ0) is 20.2. The highest BCUT2D eigenvalue weighted by atomic mass is 16.6. The van der Waals surface area contributed by atoms with Gasteiger partial charge in [-0.15, -0.1) is 0 Å². The number of benzene rings is 1. The normalized spacial score (nSPS) is 18.9. The molecule has 1 aliphatic rings. The second-order valence-corrected chi connectivity index (χ2v) is 8.47. The highest BCUT2D eigenvalue weighted by Crippen LogP contribution is 2.35. The first-order valence-electron chi connectivity index (χ1n) is 9.59. The minimum Gasteiger partial charge on any atom is -0.459 e. The lowest BCUT2D eigenvalue weighted by Crippen LogP contribution is -2.53. The Labute approximate surface area is 161 Å². The highest BCUT2D eigenvalue weighted by Gasteiger charge is 2.44. The van der Waals surface area contributed by atoms with E-state index in [0.29, 0.717) is 6.42 Å². The Morgan fingerprint density at radius 1 is 1.26 bits per heavy atom. The molecule has 2 rings (SSSR count). The summed E-state index contributed by atoms with van der Waals surface area (Å²) in [5.41, 5.74) is 6.51. The first-order chi connectivity index (χ1) is 12.6. The molecule has 0 spiro atoms. The highest BCUT2D eigenvalue weighted by molar-refractivity contribution is 5.99. The van der Waals surface area contributed by atoms with Crippen molar-refractivity contribution >= 4 is 11.9 Å². The molecule has 6 nitrogen and oxygen atoms in total. The summed E-state index contributed by atoms with van der Waals surface area (Å²) in [6.07, 6.45) is 1.52. The van der Waals surface area contributed by atoms with Gasteiger partial charge in [0, 0.05) is 6.04 Å². The molecule has 0 bridgehead atoms. The Balaban J connectivity index is 2.13. The van der Waals surface area contributed by atoms with Gasteiger partial charge in [-0.2, -0.15) is 0 Å². The molecule has 0 aromatic heterocycles. The van der Waals surface area contributed by atoms with E-state index in [1.54, 1.807) is 27.7 Å². The van der Waals surface area contributed by atoms with E-state index in [2.05, 4.69) is 5.32 Å². The van der Waals surface area contributed by atoms with Crippen LogP contribution in [0.5, 0.6) is 0 Å². The number of hydrogen-bond acceptors (Lipinski definition) is 5. The molecule has 1 saturated carbocycles. The fraction of sp³-hybridized carbons (Fsp3) is 0.619. The van der Waals surface area contributed by atoms with E-state index in [0.717, 1.165) is 18.4 Å². The lowest BCUT2D eigenvalue weighted by atomic mass is 9.93. The van der Waals surface area contributed by atoms with Crippen molar-refractivity contribution in [1.82, 2.24) is 5.32 Å². The van der Waals surface area contributed by atoms with Crippen molar-refractivity contribution in [1.29, 1.82) is 0 Å². The van der Waals surface area contributed by atoms with E-state index >= 15 is 0 Å². The van der Waals surface area contributed by atoms with E-state index in [1.807, 2.05) is 30.3 Å². The number of amides is 1. The standard InChI is InChI=1S/C21H32N2O4/c1-13(24)16(12-14-8-6-5-7-9-14)23-19(25)17(18(22)15-10-11-15)20(26)27-21(2,3)4/h5-9,13,15-18,24H,10-12,22H2,1-4H3,(H,23,25). The zero-order valence-corrected chi connectivity index (χ0v) is 16.6. The number of nitrogens with one attached hydrogen (secondary N) is 1. The van der Waals surface area contributed by atoms with Crippen molar-refractivity contribution in [3.05, 3.63) is 35.9 Å². The van der Waals surface area contributed by atoms with Gasteiger partial charge >= 0.3 is 5.97 Å². The average molecular weight is 376 g/mol. The van der Waals surface area contributed by atoms with Gasteiger partial charge in [0.15, 0.2) is 5.92 Å². The van der Waals surface area contributed by atoms with Crippen LogP contribution in [0.25, 0.3) is 0 Å². The maximum absolute atomic E-state index is 12.9. The number of nitrogens with two attached hydrogens (primary N) is 1. The lowest BCUT2D eigenvalue weighted by Gasteiger charge is -2.29. The van der Waals surface area contributed by atoms with Crippen LogP contribution in [0.15, 0.2) is 30.3 Å². The summed E-state index contributed by atoms with van der Waals surface area (Å²) in [6.45, 7) is 6.90. The number of hydrogen-bond donors (Lipinski definition) is 3. The predicted octanol–water partition coefficient (Wildman–Crippen LogP) is 1.79. The van der Waals surface area contributed by atoms with Gasteiger partial charge in [-0.05, 0) is 58.4 Å². The molecule has 0 saturated heterocycles. The number of aliphatic hydroxyl groups excluding tert-OH is 1. The van der Waals surface area contributed by atoms with Gasteiger partial charge in [0.1, 0.15) is 5.60 Å². The van der Waals surface area contributed by atoms with Crippen LogP contribution in [-0.2, 0) is 20.7 Å². The van der Waals surface area contributed by atoms with E-state index in [1.165, 1.54) is 0 Å². The van der Waals surface area contributed by atoms with Crippen LogP contribution in [0.3, 0.4) is 0 Å². The Morgan fingerprint density at radius 3 is 2.33 bits per heavy atom.